The molecule has 2 aromatic rings. The minimum absolute atomic E-state index is 0.159. The van der Waals surface area contributed by atoms with E-state index in [4.69, 9.17) is 0 Å². The second kappa shape index (κ2) is 4.24. The number of nitrogens with zero attached hydrogens (tertiary/aromatic N) is 1. The molecule has 0 spiro atoms. The van der Waals surface area contributed by atoms with E-state index in [1.165, 1.54) is 16.9 Å². The number of aromatic nitrogens is 1. The van der Waals surface area contributed by atoms with Gasteiger partial charge in [0.2, 0.25) is 0 Å². The summed E-state index contributed by atoms with van der Waals surface area (Å²) in [6.45, 7) is 6.57. The van der Waals surface area contributed by atoms with E-state index in [0.717, 1.165) is 18.4 Å². The Bertz CT molecular complexity index is 609. The van der Waals surface area contributed by atoms with Gasteiger partial charge in [-0.2, -0.15) is 0 Å². The minimum atomic E-state index is -0.329. The number of hydrogen-bond donors (Lipinski definition) is 1. The van der Waals surface area contributed by atoms with E-state index in [-0.39, 0.29) is 11.5 Å². The van der Waals surface area contributed by atoms with Crippen molar-refractivity contribution in [1.82, 2.24) is 4.57 Å². The molecule has 1 atom stereocenters. The third-order valence-electron chi connectivity index (χ3n) is 4.06. The zero-order valence-corrected chi connectivity index (χ0v) is 11.9. The smallest absolute Gasteiger partial charge is 0.0812 e. The Morgan fingerprint density at radius 1 is 1.26 bits per heavy atom. The van der Waals surface area contributed by atoms with Crippen molar-refractivity contribution in [3.63, 3.8) is 0 Å². The van der Waals surface area contributed by atoms with Crippen LogP contribution in [0.1, 0.15) is 43.2 Å². The molecule has 0 saturated heterocycles. The normalized spacial score (nSPS) is 21.2. The molecule has 0 bridgehead atoms. The van der Waals surface area contributed by atoms with E-state index in [1.807, 2.05) is 0 Å². The van der Waals surface area contributed by atoms with Crippen LogP contribution in [0.25, 0.3) is 5.69 Å². The highest BCUT2D eigenvalue weighted by Gasteiger charge is 2.33. The molecule has 19 heavy (non-hydrogen) atoms. The second-order valence-corrected chi connectivity index (χ2v) is 6.49. The summed E-state index contributed by atoms with van der Waals surface area (Å²) in [6.07, 6.45) is 3.62. The van der Waals surface area contributed by atoms with Gasteiger partial charge in [-0.25, -0.2) is 0 Å². The number of aryl methyl sites for hydroxylation is 1. The maximum atomic E-state index is 10.3. The average molecular weight is 255 g/mol. The first-order valence-electron chi connectivity index (χ1n) is 6.91. The molecule has 0 fully saturated rings. The summed E-state index contributed by atoms with van der Waals surface area (Å²) in [7, 11) is 0. The molecule has 3 rings (SSSR count). The molecule has 1 aromatic carbocycles. The van der Waals surface area contributed by atoms with Crippen LogP contribution in [0.15, 0.2) is 36.5 Å². The first kappa shape index (κ1) is 12.5. The quantitative estimate of drug-likeness (QED) is 0.824. The zero-order chi connectivity index (χ0) is 13.6. The predicted octanol–water partition coefficient (Wildman–Crippen LogP) is 3.79. The molecular formula is C17H21NO. The van der Waals surface area contributed by atoms with Crippen LogP contribution in [0.3, 0.4) is 0 Å². The molecule has 1 aliphatic carbocycles. The van der Waals surface area contributed by atoms with Gasteiger partial charge in [-0.05, 0) is 48.9 Å². The fourth-order valence-corrected chi connectivity index (χ4v) is 3.15. The molecule has 2 heteroatoms. The number of hydrogen-bond acceptors (Lipinski definition) is 1. The summed E-state index contributed by atoms with van der Waals surface area (Å²) in [5.41, 5.74) is 4.96. The summed E-state index contributed by atoms with van der Waals surface area (Å²) in [5, 5.41) is 10.3. The van der Waals surface area contributed by atoms with Gasteiger partial charge in [0.25, 0.3) is 0 Å². The molecule has 0 radical (unpaired) electrons. The van der Waals surface area contributed by atoms with Crippen LogP contribution in [0.4, 0.5) is 0 Å². The Hall–Kier alpha value is -1.54. The third kappa shape index (κ3) is 2.21. The largest absolute Gasteiger partial charge is 0.388 e. The van der Waals surface area contributed by atoms with Crippen LogP contribution in [-0.2, 0) is 6.42 Å². The molecular weight excluding hydrogens is 234 g/mol. The topological polar surface area (TPSA) is 25.2 Å². The van der Waals surface area contributed by atoms with Crippen molar-refractivity contribution in [2.45, 2.75) is 39.7 Å². The lowest BCUT2D eigenvalue weighted by Crippen LogP contribution is -2.26. The Labute approximate surface area is 114 Å². The standard InChI is InChI=1S/C17H21NO/c1-12-5-4-6-13(9-12)18-8-7-14-15(18)10-17(2,3)11-16(14)19/h4-9,16,19H,10-11H2,1-3H3. The maximum Gasteiger partial charge on any atom is 0.0812 e. The Morgan fingerprint density at radius 2 is 2.05 bits per heavy atom. The molecule has 1 unspecified atom stereocenters. The van der Waals surface area contributed by atoms with Crippen molar-refractivity contribution < 1.29 is 5.11 Å². The van der Waals surface area contributed by atoms with Gasteiger partial charge in [0, 0.05) is 23.1 Å². The summed E-state index contributed by atoms with van der Waals surface area (Å²) in [6, 6.07) is 10.6. The number of benzene rings is 1. The molecule has 100 valence electrons. The van der Waals surface area contributed by atoms with Crippen molar-refractivity contribution in [2.75, 3.05) is 0 Å². The van der Waals surface area contributed by atoms with E-state index < -0.39 is 0 Å². The molecule has 0 amide bonds. The molecule has 0 aliphatic heterocycles. The maximum absolute atomic E-state index is 10.3. The number of rotatable bonds is 1. The van der Waals surface area contributed by atoms with Gasteiger partial charge in [-0.15, -0.1) is 0 Å². The van der Waals surface area contributed by atoms with Gasteiger partial charge in [-0.3, -0.25) is 0 Å². The van der Waals surface area contributed by atoms with Gasteiger partial charge in [0.15, 0.2) is 0 Å². The fourth-order valence-electron chi connectivity index (χ4n) is 3.15. The first-order chi connectivity index (χ1) is 8.96. The molecule has 1 heterocycles. The van der Waals surface area contributed by atoms with E-state index in [0.29, 0.717) is 0 Å². The molecule has 1 aliphatic rings. The molecule has 1 aromatic heterocycles. The number of aliphatic hydroxyl groups is 1. The van der Waals surface area contributed by atoms with Crippen molar-refractivity contribution in [1.29, 1.82) is 0 Å². The van der Waals surface area contributed by atoms with Crippen LogP contribution in [-0.4, -0.2) is 9.67 Å². The fraction of sp³-hybridized carbons (Fsp3) is 0.412. The van der Waals surface area contributed by atoms with Crippen LogP contribution >= 0.6 is 0 Å². The summed E-state index contributed by atoms with van der Waals surface area (Å²) in [5.74, 6) is 0. The van der Waals surface area contributed by atoms with E-state index >= 15 is 0 Å². The SMILES string of the molecule is Cc1cccc(-n2ccc3c2CC(C)(C)CC3O)c1. The van der Waals surface area contributed by atoms with Gasteiger partial charge < -0.3 is 9.67 Å². The lowest BCUT2D eigenvalue weighted by molar-refractivity contribution is 0.0987. The highest BCUT2D eigenvalue weighted by atomic mass is 16.3. The predicted molar refractivity (Wildman–Crippen MR) is 77.6 cm³/mol. The monoisotopic (exact) mass is 255 g/mol. The van der Waals surface area contributed by atoms with Crippen molar-refractivity contribution in [3.05, 3.63) is 53.3 Å². The van der Waals surface area contributed by atoms with Crippen molar-refractivity contribution >= 4 is 0 Å². The van der Waals surface area contributed by atoms with Crippen molar-refractivity contribution in [2.24, 2.45) is 5.41 Å². The van der Waals surface area contributed by atoms with Gasteiger partial charge >= 0.3 is 0 Å². The van der Waals surface area contributed by atoms with Gasteiger partial charge in [0.1, 0.15) is 0 Å². The summed E-state index contributed by atoms with van der Waals surface area (Å²) in [4.78, 5) is 0. The molecule has 1 N–H and O–H groups in total. The van der Waals surface area contributed by atoms with Crippen LogP contribution in [0, 0.1) is 12.3 Å². The van der Waals surface area contributed by atoms with E-state index in [9.17, 15) is 5.11 Å². The number of aliphatic hydroxyl groups excluding tert-OH is 1. The zero-order valence-electron chi connectivity index (χ0n) is 11.9. The Balaban J connectivity index is 2.11. The van der Waals surface area contributed by atoms with E-state index in [2.05, 4.69) is 61.9 Å². The molecule has 2 nitrogen and oxygen atoms in total. The average Bonchev–Trinajstić information content (AvgIpc) is 2.71. The first-order valence-corrected chi connectivity index (χ1v) is 6.91. The van der Waals surface area contributed by atoms with Gasteiger partial charge in [-0.1, -0.05) is 26.0 Å². The van der Waals surface area contributed by atoms with Crippen LogP contribution in [0.5, 0.6) is 0 Å². The third-order valence-corrected chi connectivity index (χ3v) is 4.06. The molecule has 0 saturated carbocycles. The van der Waals surface area contributed by atoms with Gasteiger partial charge in [0.05, 0.1) is 6.10 Å². The van der Waals surface area contributed by atoms with Crippen LogP contribution in [0.2, 0.25) is 0 Å². The van der Waals surface area contributed by atoms with Crippen LogP contribution < -0.4 is 0 Å². The van der Waals surface area contributed by atoms with E-state index in [1.54, 1.807) is 0 Å². The number of fused-ring (bicyclic) bond motifs is 1. The second-order valence-electron chi connectivity index (χ2n) is 6.49. The highest BCUT2D eigenvalue weighted by molar-refractivity contribution is 5.42. The Kier molecular flexibility index (Phi) is 2.79. The summed E-state index contributed by atoms with van der Waals surface area (Å²) < 4.78 is 2.23. The minimum Gasteiger partial charge on any atom is -0.388 e. The Morgan fingerprint density at radius 3 is 2.79 bits per heavy atom. The highest BCUT2D eigenvalue weighted by Crippen LogP contribution is 2.41. The van der Waals surface area contributed by atoms with Crippen molar-refractivity contribution in [3.8, 4) is 5.69 Å². The lowest BCUT2D eigenvalue weighted by Gasteiger charge is -2.34. The lowest BCUT2D eigenvalue weighted by atomic mass is 9.75. The summed E-state index contributed by atoms with van der Waals surface area (Å²) >= 11 is 0.